The van der Waals surface area contributed by atoms with Crippen molar-refractivity contribution in [3.63, 3.8) is 0 Å². The summed E-state index contributed by atoms with van der Waals surface area (Å²) in [5.74, 6) is 0.339. The second kappa shape index (κ2) is 7.75. The molecule has 2 rings (SSSR count). The van der Waals surface area contributed by atoms with Crippen molar-refractivity contribution in [2.75, 3.05) is 13.1 Å². The summed E-state index contributed by atoms with van der Waals surface area (Å²) in [6.07, 6.45) is 1.87. The zero-order valence-electron chi connectivity index (χ0n) is 13.9. The van der Waals surface area contributed by atoms with Gasteiger partial charge >= 0.3 is 0 Å². The van der Waals surface area contributed by atoms with E-state index in [0.717, 1.165) is 37.1 Å². The summed E-state index contributed by atoms with van der Waals surface area (Å²) in [6, 6.07) is 8.23. The highest BCUT2D eigenvalue weighted by molar-refractivity contribution is 5.78. The van der Waals surface area contributed by atoms with Gasteiger partial charge in [-0.25, -0.2) is 0 Å². The molecule has 0 radical (unpaired) electrons. The van der Waals surface area contributed by atoms with Crippen LogP contribution in [0, 0.1) is 5.92 Å². The van der Waals surface area contributed by atoms with E-state index in [1.54, 1.807) is 0 Å². The van der Waals surface area contributed by atoms with Gasteiger partial charge in [-0.1, -0.05) is 24.3 Å². The summed E-state index contributed by atoms with van der Waals surface area (Å²) >= 11 is 0. The van der Waals surface area contributed by atoms with Gasteiger partial charge in [0.1, 0.15) is 0 Å². The van der Waals surface area contributed by atoms with Gasteiger partial charge in [-0.3, -0.25) is 4.79 Å². The molecule has 1 aromatic carbocycles. The summed E-state index contributed by atoms with van der Waals surface area (Å²) in [4.78, 5) is 12.1. The average Bonchev–Trinajstić information content (AvgIpc) is 2.51. The van der Waals surface area contributed by atoms with Crippen LogP contribution in [-0.2, 0) is 22.7 Å². The van der Waals surface area contributed by atoms with E-state index in [-0.39, 0.29) is 17.4 Å². The summed E-state index contributed by atoms with van der Waals surface area (Å²) in [6.45, 7) is 9.23. The largest absolute Gasteiger partial charge is 0.371 e. The molecule has 1 heterocycles. The Hall–Kier alpha value is -1.39. The van der Waals surface area contributed by atoms with E-state index in [1.165, 1.54) is 0 Å². The maximum Gasteiger partial charge on any atom is 0.223 e. The summed E-state index contributed by atoms with van der Waals surface area (Å²) in [5.41, 5.74) is 2.13. The lowest BCUT2D eigenvalue weighted by Crippen LogP contribution is -2.37. The van der Waals surface area contributed by atoms with Crippen LogP contribution in [0.25, 0.3) is 0 Å². The minimum atomic E-state index is -0.140. The van der Waals surface area contributed by atoms with Crippen molar-refractivity contribution >= 4 is 5.91 Å². The van der Waals surface area contributed by atoms with E-state index in [2.05, 4.69) is 43.5 Å². The van der Waals surface area contributed by atoms with E-state index in [9.17, 15) is 4.79 Å². The van der Waals surface area contributed by atoms with Gasteiger partial charge in [-0.2, -0.15) is 0 Å². The summed E-state index contributed by atoms with van der Waals surface area (Å²) in [7, 11) is 0. The number of rotatable bonds is 5. The molecule has 2 N–H and O–H groups in total. The molecule has 1 saturated heterocycles. The van der Waals surface area contributed by atoms with Crippen LogP contribution in [0.2, 0.25) is 0 Å². The smallest absolute Gasteiger partial charge is 0.223 e. The lowest BCUT2D eigenvalue weighted by atomic mass is 9.97. The fourth-order valence-corrected chi connectivity index (χ4v) is 2.55. The van der Waals surface area contributed by atoms with Gasteiger partial charge in [0.05, 0.1) is 12.2 Å². The Kier molecular flexibility index (Phi) is 5.98. The van der Waals surface area contributed by atoms with Gasteiger partial charge in [-0.05, 0) is 57.8 Å². The number of nitrogens with one attached hydrogen (secondary N) is 2. The zero-order valence-corrected chi connectivity index (χ0v) is 13.9. The van der Waals surface area contributed by atoms with E-state index in [0.29, 0.717) is 13.2 Å². The lowest BCUT2D eigenvalue weighted by molar-refractivity contribution is -0.125. The van der Waals surface area contributed by atoms with Crippen molar-refractivity contribution in [1.29, 1.82) is 0 Å². The molecule has 4 nitrogen and oxygen atoms in total. The minimum absolute atomic E-state index is 0.140. The van der Waals surface area contributed by atoms with Crippen molar-refractivity contribution in [2.24, 2.45) is 5.92 Å². The second-order valence-electron chi connectivity index (χ2n) is 6.96. The van der Waals surface area contributed by atoms with Crippen LogP contribution in [0.3, 0.4) is 0 Å². The van der Waals surface area contributed by atoms with Gasteiger partial charge in [-0.15, -0.1) is 0 Å². The highest BCUT2D eigenvalue weighted by Crippen LogP contribution is 2.14. The number of carbonyl (C=O) groups is 1. The van der Waals surface area contributed by atoms with Crippen molar-refractivity contribution < 1.29 is 9.53 Å². The third kappa shape index (κ3) is 5.78. The monoisotopic (exact) mass is 304 g/mol. The molecule has 0 aliphatic carbocycles. The number of ether oxygens (including phenoxy) is 1. The lowest BCUT2D eigenvalue weighted by Gasteiger charge is -2.22. The van der Waals surface area contributed by atoms with E-state index in [4.69, 9.17) is 4.74 Å². The van der Waals surface area contributed by atoms with Gasteiger partial charge in [0, 0.05) is 12.5 Å². The summed E-state index contributed by atoms with van der Waals surface area (Å²) in [5, 5.41) is 6.34. The van der Waals surface area contributed by atoms with Gasteiger partial charge in [0.25, 0.3) is 0 Å². The molecular weight excluding hydrogens is 276 g/mol. The molecule has 0 spiro atoms. The highest BCUT2D eigenvalue weighted by atomic mass is 16.5. The molecule has 1 aliphatic rings. The van der Waals surface area contributed by atoms with Crippen molar-refractivity contribution in [3.8, 4) is 0 Å². The number of hydrogen-bond donors (Lipinski definition) is 2. The Labute approximate surface area is 133 Å². The molecule has 0 saturated carbocycles. The first-order chi connectivity index (χ1) is 10.4. The topological polar surface area (TPSA) is 50.4 Å². The third-order valence-corrected chi connectivity index (χ3v) is 3.84. The first-order valence-corrected chi connectivity index (χ1v) is 8.14. The van der Waals surface area contributed by atoms with Crippen molar-refractivity contribution in [3.05, 3.63) is 35.4 Å². The average molecular weight is 304 g/mol. The Morgan fingerprint density at radius 1 is 1.27 bits per heavy atom. The fourth-order valence-electron chi connectivity index (χ4n) is 2.55. The molecule has 1 aromatic rings. The Bertz CT molecular complexity index is 488. The van der Waals surface area contributed by atoms with Crippen LogP contribution in [0.15, 0.2) is 24.3 Å². The first-order valence-electron chi connectivity index (χ1n) is 8.14. The molecule has 122 valence electrons. The van der Waals surface area contributed by atoms with Crippen LogP contribution in [-0.4, -0.2) is 24.6 Å². The predicted octanol–water partition coefficient (Wildman–Crippen LogP) is 2.62. The van der Waals surface area contributed by atoms with Gasteiger partial charge in [0.15, 0.2) is 0 Å². The predicted molar refractivity (Wildman–Crippen MR) is 88.4 cm³/mol. The number of piperidine rings is 1. The number of benzene rings is 1. The highest BCUT2D eigenvalue weighted by Gasteiger charge is 2.20. The molecule has 0 atom stereocenters. The van der Waals surface area contributed by atoms with Gasteiger partial charge in [0.2, 0.25) is 5.91 Å². The summed E-state index contributed by atoms with van der Waals surface area (Å²) < 4.78 is 5.80. The molecule has 1 aliphatic heterocycles. The van der Waals surface area contributed by atoms with Crippen molar-refractivity contribution in [1.82, 2.24) is 10.6 Å². The molecule has 1 amide bonds. The van der Waals surface area contributed by atoms with E-state index in [1.807, 2.05) is 12.1 Å². The molecule has 1 fully saturated rings. The number of amides is 1. The molecule has 0 aromatic heterocycles. The van der Waals surface area contributed by atoms with Crippen LogP contribution in [0.5, 0.6) is 0 Å². The van der Waals surface area contributed by atoms with Gasteiger partial charge < -0.3 is 15.4 Å². The van der Waals surface area contributed by atoms with Crippen LogP contribution < -0.4 is 10.6 Å². The molecule has 4 heteroatoms. The first kappa shape index (κ1) is 17.0. The number of carbonyl (C=O) groups excluding carboxylic acids is 1. The normalized spacial score (nSPS) is 16.5. The second-order valence-corrected chi connectivity index (χ2v) is 6.96. The Morgan fingerprint density at radius 2 is 1.95 bits per heavy atom. The Morgan fingerprint density at radius 3 is 2.64 bits per heavy atom. The number of hydrogen-bond acceptors (Lipinski definition) is 3. The maximum atomic E-state index is 12.1. The molecular formula is C18H28N2O2. The quantitative estimate of drug-likeness (QED) is 0.879. The van der Waals surface area contributed by atoms with Crippen LogP contribution in [0.1, 0.15) is 44.7 Å². The third-order valence-electron chi connectivity index (χ3n) is 3.84. The van der Waals surface area contributed by atoms with E-state index >= 15 is 0 Å². The SMILES string of the molecule is CC(C)(C)OCc1cccc(CNC(=O)C2CCNCC2)c1. The zero-order chi connectivity index (χ0) is 16.0. The molecule has 22 heavy (non-hydrogen) atoms. The molecule has 0 bridgehead atoms. The maximum absolute atomic E-state index is 12.1. The van der Waals surface area contributed by atoms with Crippen LogP contribution in [0.4, 0.5) is 0 Å². The van der Waals surface area contributed by atoms with E-state index < -0.39 is 0 Å². The van der Waals surface area contributed by atoms with Crippen LogP contribution >= 0.6 is 0 Å². The Balaban J connectivity index is 1.83. The van der Waals surface area contributed by atoms with Crippen molar-refractivity contribution in [2.45, 2.75) is 52.4 Å². The standard InChI is InChI=1S/C18H28N2O2/c1-18(2,3)22-13-15-6-4-5-14(11-15)12-20-17(21)16-7-9-19-10-8-16/h4-6,11,16,19H,7-10,12-13H2,1-3H3,(H,20,21). The fraction of sp³-hybridized carbons (Fsp3) is 0.611. The molecule has 0 unspecified atom stereocenters. The minimum Gasteiger partial charge on any atom is -0.371 e.